The Morgan fingerprint density at radius 3 is 2.30 bits per heavy atom. The number of carbonyl (C=O) groups is 1. The molecule has 0 fully saturated rings. The molecule has 20 heavy (non-hydrogen) atoms. The molecule has 0 N–H and O–H groups in total. The molecule has 0 aliphatic heterocycles. The van der Waals surface area contributed by atoms with Crippen LogP contribution in [0.25, 0.3) is 0 Å². The Morgan fingerprint density at radius 1 is 1.05 bits per heavy atom. The molecule has 0 bridgehead atoms. The predicted octanol–water partition coefficient (Wildman–Crippen LogP) is 4.71. The van der Waals surface area contributed by atoms with Crippen molar-refractivity contribution >= 4 is 29.2 Å². The fraction of sp³-hybridized carbons (Fsp3) is 0.0714. The minimum Gasteiger partial charge on any atom is -0.465 e. The lowest BCUT2D eigenvalue weighted by Crippen LogP contribution is -2.04. The molecular weight excluding hydrogens is 306 g/mol. The summed E-state index contributed by atoms with van der Waals surface area (Å²) in [4.78, 5) is 11.3. The lowest BCUT2D eigenvalue weighted by Gasteiger charge is -2.08. The van der Waals surface area contributed by atoms with E-state index >= 15 is 0 Å². The van der Waals surface area contributed by atoms with Crippen LogP contribution in [0.5, 0.6) is 11.5 Å². The lowest BCUT2D eigenvalue weighted by atomic mass is 10.2. The summed E-state index contributed by atoms with van der Waals surface area (Å²) in [5, 5.41) is 0.724. The van der Waals surface area contributed by atoms with Crippen molar-refractivity contribution in [2.24, 2.45) is 0 Å². The van der Waals surface area contributed by atoms with Gasteiger partial charge in [-0.25, -0.2) is 9.18 Å². The maximum atomic E-state index is 13.7. The van der Waals surface area contributed by atoms with E-state index in [-0.39, 0.29) is 11.3 Å². The number of halogens is 3. The molecule has 0 saturated heterocycles. The third-order valence-electron chi connectivity index (χ3n) is 2.47. The summed E-state index contributed by atoms with van der Waals surface area (Å²) in [6.07, 6.45) is 0. The Morgan fingerprint density at radius 2 is 1.70 bits per heavy atom. The van der Waals surface area contributed by atoms with Gasteiger partial charge in [0, 0.05) is 12.1 Å². The third-order valence-corrected chi connectivity index (χ3v) is 3.21. The first-order chi connectivity index (χ1) is 9.51. The SMILES string of the molecule is COC(=O)c1ccc(Oc2ccc(Cl)c(Cl)c2)cc1F. The number of carbonyl (C=O) groups excluding carboxylic acids is 1. The van der Waals surface area contributed by atoms with Crippen LogP contribution in [-0.4, -0.2) is 13.1 Å². The maximum absolute atomic E-state index is 13.7. The molecule has 104 valence electrons. The van der Waals surface area contributed by atoms with Gasteiger partial charge in [-0.2, -0.15) is 0 Å². The summed E-state index contributed by atoms with van der Waals surface area (Å²) in [5.41, 5.74) is -0.158. The van der Waals surface area contributed by atoms with Gasteiger partial charge in [0.2, 0.25) is 0 Å². The summed E-state index contributed by atoms with van der Waals surface area (Å²) in [6, 6.07) is 8.51. The topological polar surface area (TPSA) is 35.5 Å². The molecule has 0 heterocycles. The summed E-state index contributed by atoms with van der Waals surface area (Å²) in [6.45, 7) is 0. The number of rotatable bonds is 3. The van der Waals surface area contributed by atoms with Crippen LogP contribution < -0.4 is 4.74 Å². The second kappa shape index (κ2) is 6.11. The quantitative estimate of drug-likeness (QED) is 0.769. The Hall–Kier alpha value is -1.78. The maximum Gasteiger partial charge on any atom is 0.340 e. The monoisotopic (exact) mass is 314 g/mol. The van der Waals surface area contributed by atoms with Crippen molar-refractivity contribution in [2.75, 3.05) is 7.11 Å². The van der Waals surface area contributed by atoms with Gasteiger partial charge >= 0.3 is 5.97 Å². The smallest absolute Gasteiger partial charge is 0.340 e. The lowest BCUT2D eigenvalue weighted by molar-refractivity contribution is 0.0595. The van der Waals surface area contributed by atoms with Crippen molar-refractivity contribution in [3.63, 3.8) is 0 Å². The summed E-state index contributed by atoms with van der Waals surface area (Å²) >= 11 is 11.6. The van der Waals surface area contributed by atoms with Gasteiger partial charge < -0.3 is 9.47 Å². The van der Waals surface area contributed by atoms with Gasteiger partial charge in [0.15, 0.2) is 0 Å². The van der Waals surface area contributed by atoms with Crippen molar-refractivity contribution in [2.45, 2.75) is 0 Å². The molecule has 0 amide bonds. The molecule has 6 heteroatoms. The van der Waals surface area contributed by atoms with E-state index in [1.807, 2.05) is 0 Å². The zero-order valence-corrected chi connectivity index (χ0v) is 11.8. The van der Waals surface area contributed by atoms with E-state index < -0.39 is 11.8 Å². The molecule has 2 rings (SSSR count). The van der Waals surface area contributed by atoms with Crippen molar-refractivity contribution in [3.8, 4) is 11.5 Å². The Kier molecular flexibility index (Phi) is 4.47. The molecule has 0 spiro atoms. The average molecular weight is 315 g/mol. The molecule has 0 radical (unpaired) electrons. The van der Waals surface area contributed by atoms with Gasteiger partial charge in [-0.3, -0.25) is 0 Å². The summed E-state index contributed by atoms with van der Waals surface area (Å²) in [7, 11) is 1.18. The number of esters is 1. The van der Waals surface area contributed by atoms with E-state index in [2.05, 4.69) is 4.74 Å². The van der Waals surface area contributed by atoms with Crippen molar-refractivity contribution < 1.29 is 18.7 Å². The van der Waals surface area contributed by atoms with Gasteiger partial charge in [-0.1, -0.05) is 23.2 Å². The van der Waals surface area contributed by atoms with Crippen LogP contribution >= 0.6 is 23.2 Å². The highest BCUT2D eigenvalue weighted by Gasteiger charge is 2.13. The number of hydrogen-bond donors (Lipinski definition) is 0. The first-order valence-electron chi connectivity index (χ1n) is 5.52. The first kappa shape index (κ1) is 14.6. The van der Waals surface area contributed by atoms with Gasteiger partial charge in [0.1, 0.15) is 17.3 Å². The molecule has 0 saturated carbocycles. The highest BCUT2D eigenvalue weighted by atomic mass is 35.5. The Labute approximate surface area is 124 Å². The highest BCUT2D eigenvalue weighted by Crippen LogP contribution is 2.30. The Balaban J connectivity index is 2.24. The fourth-order valence-electron chi connectivity index (χ4n) is 1.51. The van der Waals surface area contributed by atoms with E-state index in [1.54, 1.807) is 12.1 Å². The van der Waals surface area contributed by atoms with Crippen LogP contribution in [0.1, 0.15) is 10.4 Å². The third kappa shape index (κ3) is 3.21. The fourth-order valence-corrected chi connectivity index (χ4v) is 1.80. The molecule has 3 nitrogen and oxygen atoms in total. The number of ether oxygens (including phenoxy) is 2. The first-order valence-corrected chi connectivity index (χ1v) is 6.27. The van der Waals surface area contributed by atoms with Gasteiger partial charge in [-0.05, 0) is 24.3 Å². The predicted molar refractivity (Wildman–Crippen MR) is 74.3 cm³/mol. The molecule has 0 unspecified atom stereocenters. The van der Waals surface area contributed by atoms with Crippen molar-refractivity contribution in [3.05, 3.63) is 57.8 Å². The van der Waals surface area contributed by atoms with E-state index in [1.165, 1.54) is 25.3 Å². The zero-order valence-electron chi connectivity index (χ0n) is 10.3. The van der Waals surface area contributed by atoms with E-state index in [4.69, 9.17) is 27.9 Å². The number of methoxy groups -OCH3 is 1. The van der Waals surface area contributed by atoms with Gasteiger partial charge in [0.05, 0.1) is 22.7 Å². The van der Waals surface area contributed by atoms with Gasteiger partial charge in [0.25, 0.3) is 0 Å². The standard InChI is InChI=1S/C14H9Cl2FO3/c1-19-14(18)10-4-2-9(7-13(10)17)20-8-3-5-11(15)12(16)6-8/h2-7H,1H3. The molecule has 2 aromatic carbocycles. The molecule has 0 aromatic heterocycles. The number of hydrogen-bond acceptors (Lipinski definition) is 3. The summed E-state index contributed by atoms with van der Waals surface area (Å²) < 4.78 is 23.6. The highest BCUT2D eigenvalue weighted by molar-refractivity contribution is 6.42. The van der Waals surface area contributed by atoms with Crippen LogP contribution in [0.2, 0.25) is 10.0 Å². The van der Waals surface area contributed by atoms with Crippen LogP contribution in [0.15, 0.2) is 36.4 Å². The Bertz CT molecular complexity index is 659. The van der Waals surface area contributed by atoms with Crippen LogP contribution in [-0.2, 0) is 4.74 Å². The van der Waals surface area contributed by atoms with Crippen LogP contribution in [0, 0.1) is 5.82 Å². The minimum atomic E-state index is -0.747. The van der Waals surface area contributed by atoms with E-state index in [0.717, 1.165) is 6.07 Å². The van der Waals surface area contributed by atoms with Crippen molar-refractivity contribution in [1.29, 1.82) is 0 Å². The molecule has 0 atom stereocenters. The van der Waals surface area contributed by atoms with E-state index in [9.17, 15) is 9.18 Å². The molecule has 0 aliphatic rings. The minimum absolute atomic E-state index is 0.158. The largest absolute Gasteiger partial charge is 0.465 e. The zero-order chi connectivity index (χ0) is 14.7. The molecular formula is C14H9Cl2FO3. The van der Waals surface area contributed by atoms with Crippen LogP contribution in [0.4, 0.5) is 4.39 Å². The summed E-state index contributed by atoms with van der Waals surface area (Å²) in [5.74, 6) is -0.837. The van der Waals surface area contributed by atoms with E-state index in [0.29, 0.717) is 15.8 Å². The molecule has 2 aromatic rings. The average Bonchev–Trinajstić information content (AvgIpc) is 2.42. The molecule has 0 aliphatic carbocycles. The van der Waals surface area contributed by atoms with Crippen molar-refractivity contribution in [1.82, 2.24) is 0 Å². The van der Waals surface area contributed by atoms with Gasteiger partial charge in [-0.15, -0.1) is 0 Å². The number of benzene rings is 2. The normalized spacial score (nSPS) is 10.2. The second-order valence-electron chi connectivity index (χ2n) is 3.81. The van der Waals surface area contributed by atoms with Crippen LogP contribution in [0.3, 0.4) is 0 Å². The second-order valence-corrected chi connectivity index (χ2v) is 4.63.